The van der Waals surface area contributed by atoms with Gasteiger partial charge in [-0.2, -0.15) is 0 Å². The van der Waals surface area contributed by atoms with Crippen molar-refractivity contribution in [3.63, 3.8) is 0 Å². The Bertz CT molecular complexity index is 1380. The van der Waals surface area contributed by atoms with E-state index < -0.39 is 29.4 Å². The standard InChI is InChI=1S/C25H22N2O9S/c1-14-17(9-15-7-8-19-20(10-15)36-13-35-19)23(25(30)33-2)24(37-14)26-21(28)12-34-22(29)11-16-5-3-4-6-18(16)27(31)32/h3-8,10H,9,11-13H2,1-2H3,(H,26,28). The minimum Gasteiger partial charge on any atom is -0.465 e. The largest absolute Gasteiger partial charge is 0.465 e. The Hall–Kier alpha value is -4.45. The van der Waals surface area contributed by atoms with Crippen LogP contribution in [-0.2, 0) is 31.9 Å². The second kappa shape index (κ2) is 11.1. The Kier molecular flexibility index (Phi) is 7.68. The number of thiophene rings is 1. The molecular weight excluding hydrogens is 504 g/mol. The molecule has 0 saturated heterocycles. The van der Waals surface area contributed by atoms with Crippen molar-refractivity contribution in [2.75, 3.05) is 25.8 Å². The SMILES string of the molecule is COC(=O)c1c(NC(=O)COC(=O)Cc2ccccc2[N+](=O)[O-])sc(C)c1Cc1ccc2c(c1)OCO2. The molecule has 12 heteroatoms. The molecule has 0 saturated carbocycles. The van der Waals surface area contributed by atoms with Crippen LogP contribution >= 0.6 is 11.3 Å². The van der Waals surface area contributed by atoms with Gasteiger partial charge in [0.15, 0.2) is 18.1 Å². The van der Waals surface area contributed by atoms with Crippen LogP contribution in [0.1, 0.15) is 31.9 Å². The summed E-state index contributed by atoms with van der Waals surface area (Å²) in [5.41, 5.74) is 1.72. The van der Waals surface area contributed by atoms with Gasteiger partial charge in [-0.15, -0.1) is 11.3 Å². The number of aryl methyl sites for hydroxylation is 1. The molecule has 0 spiro atoms. The predicted molar refractivity (Wildman–Crippen MR) is 132 cm³/mol. The van der Waals surface area contributed by atoms with E-state index in [1.54, 1.807) is 12.1 Å². The molecule has 1 amide bonds. The van der Waals surface area contributed by atoms with Crippen molar-refractivity contribution in [1.29, 1.82) is 0 Å². The molecule has 4 rings (SSSR count). The van der Waals surface area contributed by atoms with Crippen molar-refractivity contribution in [3.8, 4) is 11.5 Å². The molecule has 0 aliphatic carbocycles. The molecule has 1 N–H and O–H groups in total. The number of nitro benzene ring substituents is 1. The summed E-state index contributed by atoms with van der Waals surface area (Å²) in [5, 5.41) is 14.0. The Labute approximate surface area is 215 Å². The number of esters is 2. The summed E-state index contributed by atoms with van der Waals surface area (Å²) < 4.78 is 20.7. The molecule has 37 heavy (non-hydrogen) atoms. The molecule has 192 valence electrons. The molecule has 1 aliphatic heterocycles. The molecule has 0 unspecified atom stereocenters. The van der Waals surface area contributed by atoms with Crippen molar-refractivity contribution in [3.05, 3.63) is 79.7 Å². The molecule has 3 aromatic rings. The third kappa shape index (κ3) is 5.86. The Morgan fingerprint density at radius 1 is 1.14 bits per heavy atom. The number of ether oxygens (including phenoxy) is 4. The first-order chi connectivity index (χ1) is 17.8. The number of benzene rings is 2. The fourth-order valence-electron chi connectivity index (χ4n) is 3.81. The van der Waals surface area contributed by atoms with E-state index in [9.17, 15) is 24.5 Å². The zero-order chi connectivity index (χ0) is 26.5. The lowest BCUT2D eigenvalue weighted by atomic mass is 10.0. The van der Waals surface area contributed by atoms with Gasteiger partial charge in [0.2, 0.25) is 6.79 Å². The number of hydrogen-bond acceptors (Lipinski definition) is 10. The van der Waals surface area contributed by atoms with Crippen LogP contribution in [0.2, 0.25) is 0 Å². The highest BCUT2D eigenvalue weighted by Gasteiger charge is 2.25. The van der Waals surface area contributed by atoms with E-state index in [2.05, 4.69) is 5.32 Å². The summed E-state index contributed by atoms with van der Waals surface area (Å²) in [7, 11) is 1.25. The van der Waals surface area contributed by atoms with Gasteiger partial charge < -0.3 is 24.3 Å². The van der Waals surface area contributed by atoms with Gasteiger partial charge in [-0.25, -0.2) is 4.79 Å². The van der Waals surface area contributed by atoms with Crippen LogP contribution < -0.4 is 14.8 Å². The Balaban J connectivity index is 1.44. The number of nitrogens with zero attached hydrogens (tertiary/aromatic N) is 1. The number of rotatable bonds is 9. The van der Waals surface area contributed by atoms with Gasteiger partial charge in [-0.1, -0.05) is 24.3 Å². The van der Waals surface area contributed by atoms with E-state index in [1.165, 1.54) is 36.6 Å². The zero-order valence-corrected chi connectivity index (χ0v) is 20.7. The maximum atomic E-state index is 12.6. The van der Waals surface area contributed by atoms with E-state index in [0.717, 1.165) is 10.4 Å². The monoisotopic (exact) mass is 526 g/mol. The van der Waals surface area contributed by atoms with Crippen molar-refractivity contribution in [2.45, 2.75) is 19.8 Å². The predicted octanol–water partition coefficient (Wildman–Crippen LogP) is 3.80. The smallest absolute Gasteiger partial charge is 0.341 e. The van der Waals surface area contributed by atoms with E-state index in [4.69, 9.17) is 18.9 Å². The lowest BCUT2D eigenvalue weighted by Crippen LogP contribution is -2.22. The molecule has 11 nitrogen and oxygen atoms in total. The molecule has 0 atom stereocenters. The maximum absolute atomic E-state index is 12.6. The second-order valence-electron chi connectivity index (χ2n) is 7.97. The number of methoxy groups -OCH3 is 1. The fourth-order valence-corrected chi connectivity index (χ4v) is 4.88. The van der Waals surface area contributed by atoms with Gasteiger partial charge >= 0.3 is 11.9 Å². The van der Waals surface area contributed by atoms with Crippen LogP contribution in [0, 0.1) is 17.0 Å². The summed E-state index contributed by atoms with van der Waals surface area (Å²) in [4.78, 5) is 48.7. The summed E-state index contributed by atoms with van der Waals surface area (Å²) in [5.74, 6) is -0.839. The normalized spacial score (nSPS) is 11.6. The van der Waals surface area contributed by atoms with Crippen LogP contribution in [0.5, 0.6) is 11.5 Å². The second-order valence-corrected chi connectivity index (χ2v) is 9.19. The fraction of sp³-hybridized carbons (Fsp3) is 0.240. The Morgan fingerprint density at radius 2 is 1.89 bits per heavy atom. The van der Waals surface area contributed by atoms with Crippen LogP contribution in [-0.4, -0.2) is 43.3 Å². The molecular formula is C25H22N2O9S. The number of carbonyl (C=O) groups is 3. The molecule has 1 aliphatic rings. The molecule has 0 fully saturated rings. The van der Waals surface area contributed by atoms with Gasteiger partial charge in [0.05, 0.1) is 24.0 Å². The third-order valence-electron chi connectivity index (χ3n) is 5.56. The van der Waals surface area contributed by atoms with Crippen molar-refractivity contribution in [1.82, 2.24) is 0 Å². The average Bonchev–Trinajstić information content (AvgIpc) is 3.46. The first kappa shape index (κ1) is 25.6. The summed E-state index contributed by atoms with van der Waals surface area (Å²) in [6, 6.07) is 11.3. The number of hydrogen-bond donors (Lipinski definition) is 1. The molecule has 0 radical (unpaired) electrons. The first-order valence-corrected chi connectivity index (χ1v) is 11.8. The highest BCUT2D eigenvalue weighted by Crippen LogP contribution is 2.37. The topological polar surface area (TPSA) is 143 Å². The summed E-state index contributed by atoms with van der Waals surface area (Å²) >= 11 is 1.20. The van der Waals surface area contributed by atoms with Crippen molar-refractivity contribution >= 4 is 39.9 Å². The molecule has 2 aromatic carbocycles. The number of fused-ring (bicyclic) bond motifs is 1. The molecule has 2 heterocycles. The highest BCUT2D eigenvalue weighted by atomic mass is 32.1. The average molecular weight is 527 g/mol. The van der Waals surface area contributed by atoms with Gasteiger partial charge in [0.25, 0.3) is 11.6 Å². The number of nitrogens with one attached hydrogen (secondary N) is 1. The van der Waals surface area contributed by atoms with Crippen LogP contribution in [0.15, 0.2) is 42.5 Å². The van der Waals surface area contributed by atoms with Crippen LogP contribution in [0.3, 0.4) is 0 Å². The molecule has 1 aromatic heterocycles. The highest BCUT2D eigenvalue weighted by molar-refractivity contribution is 7.16. The minimum atomic E-state index is -0.802. The van der Waals surface area contributed by atoms with Gasteiger partial charge in [-0.05, 0) is 36.6 Å². The van der Waals surface area contributed by atoms with E-state index in [-0.39, 0.29) is 35.0 Å². The zero-order valence-electron chi connectivity index (χ0n) is 19.9. The van der Waals surface area contributed by atoms with Gasteiger partial charge in [0, 0.05) is 16.5 Å². The van der Waals surface area contributed by atoms with Crippen LogP contribution in [0.4, 0.5) is 10.7 Å². The summed E-state index contributed by atoms with van der Waals surface area (Å²) in [6.07, 6.45) is 0.0136. The van der Waals surface area contributed by atoms with E-state index in [1.807, 2.05) is 19.1 Å². The third-order valence-corrected chi connectivity index (χ3v) is 6.62. The van der Waals surface area contributed by atoms with Crippen molar-refractivity contribution < 1.29 is 38.3 Å². The number of para-hydroxylation sites is 1. The summed E-state index contributed by atoms with van der Waals surface area (Å²) in [6.45, 7) is 1.34. The van der Waals surface area contributed by atoms with Gasteiger partial charge in [0.1, 0.15) is 5.00 Å². The minimum absolute atomic E-state index is 0.146. The van der Waals surface area contributed by atoms with Crippen molar-refractivity contribution in [2.24, 2.45) is 0 Å². The Morgan fingerprint density at radius 3 is 2.65 bits per heavy atom. The van der Waals surface area contributed by atoms with E-state index >= 15 is 0 Å². The van der Waals surface area contributed by atoms with Gasteiger partial charge in [-0.3, -0.25) is 19.7 Å². The number of carbonyl (C=O) groups excluding carboxylic acids is 3. The lowest BCUT2D eigenvalue weighted by molar-refractivity contribution is -0.385. The maximum Gasteiger partial charge on any atom is 0.341 e. The number of anilines is 1. The van der Waals surface area contributed by atoms with E-state index in [0.29, 0.717) is 23.5 Å². The lowest BCUT2D eigenvalue weighted by Gasteiger charge is -2.09. The molecule has 0 bridgehead atoms. The quantitative estimate of drug-likeness (QED) is 0.250. The van der Waals surface area contributed by atoms with Crippen LogP contribution in [0.25, 0.3) is 0 Å². The first-order valence-electron chi connectivity index (χ1n) is 11.0. The number of nitro groups is 1. The number of amides is 1.